The van der Waals surface area contributed by atoms with Gasteiger partial charge in [-0.2, -0.15) is 12.6 Å². The van der Waals surface area contributed by atoms with Crippen molar-refractivity contribution in [2.75, 3.05) is 5.75 Å². The van der Waals surface area contributed by atoms with Gasteiger partial charge >= 0.3 is 0 Å². The second-order valence-electron chi connectivity index (χ2n) is 2.64. The Bertz CT molecular complexity index is 384. The van der Waals surface area contributed by atoms with Crippen molar-refractivity contribution in [3.8, 4) is 0 Å². The summed E-state index contributed by atoms with van der Waals surface area (Å²) in [7, 11) is 0. The van der Waals surface area contributed by atoms with E-state index in [1.54, 1.807) is 24.3 Å². The molecule has 15 heavy (non-hydrogen) atoms. The van der Waals surface area contributed by atoms with Crippen molar-refractivity contribution in [1.82, 2.24) is 10.9 Å². The number of rotatable bonds is 2. The average Bonchev–Trinajstić information content (AvgIpc) is 2.26. The van der Waals surface area contributed by atoms with Crippen LogP contribution in [0.15, 0.2) is 24.3 Å². The number of thiol groups is 1. The van der Waals surface area contributed by atoms with Crippen LogP contribution >= 0.6 is 24.2 Å². The molecule has 0 unspecified atom stereocenters. The van der Waals surface area contributed by atoms with Gasteiger partial charge in [-0.15, -0.1) is 0 Å². The number of benzene rings is 1. The molecule has 0 saturated carbocycles. The summed E-state index contributed by atoms with van der Waals surface area (Å²) < 4.78 is 0. The maximum atomic E-state index is 11.5. The third kappa shape index (κ3) is 3.45. The molecule has 0 aliphatic heterocycles. The van der Waals surface area contributed by atoms with Crippen LogP contribution in [0.5, 0.6) is 0 Å². The zero-order valence-corrected chi connectivity index (χ0v) is 9.31. The standard InChI is InChI=1S/C9H9ClN2O2S/c10-7-4-2-1-3-6(7)9(14)12-11-8(13)5-15/h1-4,15H,5H2,(H,11,13)(H,12,14). The van der Waals surface area contributed by atoms with Gasteiger partial charge in [-0.05, 0) is 12.1 Å². The van der Waals surface area contributed by atoms with Gasteiger partial charge in [0, 0.05) is 0 Å². The predicted octanol–water partition coefficient (Wildman–Crippen LogP) is 1.03. The third-order valence-corrected chi connectivity index (χ3v) is 2.19. The monoisotopic (exact) mass is 244 g/mol. The van der Waals surface area contributed by atoms with Crippen molar-refractivity contribution in [2.24, 2.45) is 0 Å². The summed E-state index contributed by atoms with van der Waals surface area (Å²) in [6, 6.07) is 6.55. The molecular formula is C9H9ClN2O2S. The van der Waals surface area contributed by atoms with Crippen LogP contribution in [0.3, 0.4) is 0 Å². The number of amides is 2. The predicted molar refractivity (Wildman–Crippen MR) is 60.9 cm³/mol. The molecule has 1 aromatic carbocycles. The van der Waals surface area contributed by atoms with E-state index in [1.807, 2.05) is 0 Å². The lowest BCUT2D eigenvalue weighted by atomic mass is 10.2. The molecule has 1 aromatic rings. The fraction of sp³-hybridized carbons (Fsp3) is 0.111. The van der Waals surface area contributed by atoms with Crippen molar-refractivity contribution in [3.63, 3.8) is 0 Å². The minimum Gasteiger partial charge on any atom is -0.272 e. The lowest BCUT2D eigenvalue weighted by molar-refractivity contribution is -0.119. The van der Waals surface area contributed by atoms with Gasteiger partial charge in [-0.25, -0.2) is 0 Å². The first kappa shape index (κ1) is 11.9. The van der Waals surface area contributed by atoms with Crippen molar-refractivity contribution in [2.45, 2.75) is 0 Å². The number of hydrazine groups is 1. The zero-order valence-electron chi connectivity index (χ0n) is 7.66. The topological polar surface area (TPSA) is 58.2 Å². The maximum Gasteiger partial charge on any atom is 0.271 e. The van der Waals surface area contributed by atoms with Gasteiger partial charge in [0.1, 0.15) is 0 Å². The van der Waals surface area contributed by atoms with E-state index in [9.17, 15) is 9.59 Å². The van der Waals surface area contributed by atoms with Crippen molar-refractivity contribution in [3.05, 3.63) is 34.9 Å². The molecule has 0 fully saturated rings. The molecule has 6 heteroatoms. The number of halogens is 1. The first-order valence-electron chi connectivity index (χ1n) is 4.09. The quantitative estimate of drug-likeness (QED) is 0.538. The van der Waals surface area contributed by atoms with E-state index in [-0.39, 0.29) is 5.75 Å². The second kappa shape index (κ2) is 5.63. The highest BCUT2D eigenvalue weighted by Gasteiger charge is 2.09. The maximum absolute atomic E-state index is 11.5. The molecule has 0 spiro atoms. The van der Waals surface area contributed by atoms with Crippen molar-refractivity contribution >= 4 is 36.0 Å². The fourth-order valence-corrected chi connectivity index (χ4v) is 1.18. The minimum absolute atomic E-state index is 0.00278. The van der Waals surface area contributed by atoms with Crippen molar-refractivity contribution in [1.29, 1.82) is 0 Å². The second-order valence-corrected chi connectivity index (χ2v) is 3.36. The molecule has 0 aliphatic rings. The van der Waals surface area contributed by atoms with E-state index in [0.717, 1.165) is 0 Å². The molecule has 0 heterocycles. The van der Waals surface area contributed by atoms with Crippen LogP contribution in [0, 0.1) is 0 Å². The van der Waals surface area contributed by atoms with E-state index >= 15 is 0 Å². The number of carbonyl (C=O) groups excluding carboxylic acids is 2. The van der Waals surface area contributed by atoms with Crippen LogP contribution in [0.4, 0.5) is 0 Å². The van der Waals surface area contributed by atoms with E-state index in [2.05, 4.69) is 23.5 Å². The zero-order chi connectivity index (χ0) is 11.3. The molecule has 0 radical (unpaired) electrons. The molecule has 0 saturated heterocycles. The molecule has 0 aliphatic carbocycles. The van der Waals surface area contributed by atoms with Gasteiger partial charge in [0.15, 0.2) is 0 Å². The van der Waals surface area contributed by atoms with Crippen LogP contribution in [-0.2, 0) is 4.79 Å². The van der Waals surface area contributed by atoms with E-state index in [1.165, 1.54) is 0 Å². The molecule has 2 N–H and O–H groups in total. The summed E-state index contributed by atoms with van der Waals surface area (Å²) in [6.07, 6.45) is 0. The normalized spacial score (nSPS) is 9.47. The largest absolute Gasteiger partial charge is 0.272 e. The van der Waals surface area contributed by atoms with Crippen LogP contribution in [-0.4, -0.2) is 17.6 Å². The Balaban J connectivity index is 2.62. The van der Waals surface area contributed by atoms with Crippen LogP contribution in [0.25, 0.3) is 0 Å². The number of hydrogen-bond donors (Lipinski definition) is 3. The van der Waals surface area contributed by atoms with Crippen LogP contribution in [0.2, 0.25) is 5.02 Å². The summed E-state index contributed by atoms with van der Waals surface area (Å²) in [5, 5.41) is 0.329. The third-order valence-electron chi connectivity index (χ3n) is 1.58. The highest BCUT2D eigenvalue weighted by Crippen LogP contribution is 2.13. The first-order valence-corrected chi connectivity index (χ1v) is 5.10. The van der Waals surface area contributed by atoms with Gasteiger partial charge < -0.3 is 0 Å². The lowest BCUT2D eigenvalue weighted by Gasteiger charge is -2.06. The number of nitrogens with one attached hydrogen (secondary N) is 2. The van der Waals surface area contributed by atoms with Crippen LogP contribution in [0.1, 0.15) is 10.4 Å². The van der Waals surface area contributed by atoms with Gasteiger partial charge in [-0.1, -0.05) is 23.7 Å². The highest BCUT2D eigenvalue weighted by atomic mass is 35.5. The lowest BCUT2D eigenvalue weighted by Crippen LogP contribution is -2.42. The fourth-order valence-electron chi connectivity index (χ4n) is 0.879. The molecular weight excluding hydrogens is 236 g/mol. The Hall–Kier alpha value is -1.20. The number of carbonyl (C=O) groups is 2. The Kier molecular flexibility index (Phi) is 4.45. The van der Waals surface area contributed by atoms with Gasteiger partial charge in [0.05, 0.1) is 16.3 Å². The Morgan fingerprint density at radius 2 is 1.93 bits per heavy atom. The van der Waals surface area contributed by atoms with E-state index in [0.29, 0.717) is 10.6 Å². The minimum atomic E-state index is -0.462. The molecule has 80 valence electrons. The molecule has 0 bridgehead atoms. The summed E-state index contributed by atoms with van der Waals surface area (Å²) in [6.45, 7) is 0. The van der Waals surface area contributed by atoms with Gasteiger partial charge in [0.2, 0.25) is 5.91 Å². The Labute approximate surface area is 97.4 Å². The Morgan fingerprint density at radius 3 is 2.53 bits per heavy atom. The first-order chi connectivity index (χ1) is 7.15. The molecule has 0 aromatic heterocycles. The SMILES string of the molecule is O=C(CS)NNC(=O)c1ccccc1Cl. The molecule has 0 atom stereocenters. The average molecular weight is 245 g/mol. The van der Waals surface area contributed by atoms with Gasteiger partial charge in [0.25, 0.3) is 5.91 Å². The molecule has 2 amide bonds. The number of hydrogen-bond acceptors (Lipinski definition) is 3. The Morgan fingerprint density at radius 1 is 1.27 bits per heavy atom. The van der Waals surface area contributed by atoms with Crippen LogP contribution < -0.4 is 10.9 Å². The smallest absolute Gasteiger partial charge is 0.271 e. The summed E-state index contributed by atoms with van der Waals surface area (Å²) in [5.74, 6) is -0.850. The van der Waals surface area contributed by atoms with E-state index < -0.39 is 11.8 Å². The van der Waals surface area contributed by atoms with E-state index in [4.69, 9.17) is 11.6 Å². The summed E-state index contributed by atoms with van der Waals surface area (Å²) in [5.41, 5.74) is 4.71. The van der Waals surface area contributed by atoms with Crippen molar-refractivity contribution < 1.29 is 9.59 Å². The molecule has 1 rings (SSSR count). The van der Waals surface area contributed by atoms with Gasteiger partial charge in [-0.3, -0.25) is 20.4 Å². The summed E-state index contributed by atoms with van der Waals surface area (Å²) in [4.78, 5) is 22.2. The highest BCUT2D eigenvalue weighted by molar-refractivity contribution is 7.81. The molecule has 4 nitrogen and oxygen atoms in total. The summed E-state index contributed by atoms with van der Waals surface area (Å²) >= 11 is 9.52.